The molecule has 0 aliphatic heterocycles. The molecular formula is C11H7N5. The molecule has 0 radical (unpaired) electrons. The van der Waals surface area contributed by atoms with E-state index in [4.69, 9.17) is 0 Å². The van der Waals surface area contributed by atoms with E-state index in [1.165, 1.54) is 5.39 Å². The highest BCUT2D eigenvalue weighted by molar-refractivity contribution is 6.07. The van der Waals surface area contributed by atoms with Gasteiger partial charge < -0.3 is 4.98 Å². The first-order valence-corrected chi connectivity index (χ1v) is 5.01. The third-order valence-corrected chi connectivity index (χ3v) is 2.83. The lowest BCUT2D eigenvalue weighted by Gasteiger charge is -2.05. The second-order valence-electron chi connectivity index (χ2n) is 3.72. The van der Waals surface area contributed by atoms with Crippen LogP contribution in [0.15, 0.2) is 36.4 Å². The predicted molar refractivity (Wildman–Crippen MR) is 60.1 cm³/mol. The van der Waals surface area contributed by atoms with Gasteiger partial charge in [-0.15, -0.1) is 0 Å². The minimum absolute atomic E-state index is 0.659. The molecule has 0 fully saturated rings. The highest BCUT2D eigenvalue weighted by Gasteiger charge is 2.07. The van der Waals surface area contributed by atoms with Crippen LogP contribution >= 0.6 is 0 Å². The van der Waals surface area contributed by atoms with Crippen molar-refractivity contribution in [3.63, 3.8) is 0 Å². The topological polar surface area (TPSA) is 58.9 Å². The van der Waals surface area contributed by atoms with Crippen molar-refractivity contribution in [2.45, 2.75) is 0 Å². The summed E-state index contributed by atoms with van der Waals surface area (Å²) in [4.78, 5) is 3.21. The summed E-state index contributed by atoms with van der Waals surface area (Å²) in [6.45, 7) is 0. The van der Waals surface area contributed by atoms with E-state index < -0.39 is 0 Å². The van der Waals surface area contributed by atoms with Crippen molar-refractivity contribution in [3.8, 4) is 0 Å². The van der Waals surface area contributed by atoms with Gasteiger partial charge in [0.05, 0.1) is 11.0 Å². The van der Waals surface area contributed by atoms with Gasteiger partial charge in [-0.1, -0.05) is 29.4 Å². The number of rotatable bonds is 0. The molecule has 0 spiro atoms. The van der Waals surface area contributed by atoms with Crippen molar-refractivity contribution < 1.29 is 0 Å². The maximum atomic E-state index is 3.97. The molecule has 0 saturated heterocycles. The van der Waals surface area contributed by atoms with Gasteiger partial charge in [0.1, 0.15) is 0 Å². The van der Waals surface area contributed by atoms with Crippen molar-refractivity contribution >= 4 is 27.6 Å². The molecule has 4 rings (SSSR count). The summed E-state index contributed by atoms with van der Waals surface area (Å²) in [5.74, 6) is 0.659. The Balaban J connectivity index is 2.48. The van der Waals surface area contributed by atoms with Crippen molar-refractivity contribution in [3.05, 3.63) is 36.4 Å². The Bertz CT molecular complexity index is 805. The number of aromatic amines is 1. The number of nitrogens with zero attached hydrogens (tertiary/aromatic N) is 4. The number of hydrogen-bond acceptors (Lipinski definition) is 3. The van der Waals surface area contributed by atoms with Crippen molar-refractivity contribution in [1.82, 2.24) is 25.0 Å². The Hall–Kier alpha value is -2.43. The first kappa shape index (κ1) is 7.81. The fraction of sp³-hybridized carbons (Fsp3) is 0. The summed E-state index contributed by atoms with van der Waals surface area (Å²) in [5.41, 5.74) is 2.07. The van der Waals surface area contributed by atoms with E-state index >= 15 is 0 Å². The van der Waals surface area contributed by atoms with Crippen LogP contribution < -0.4 is 0 Å². The van der Waals surface area contributed by atoms with Crippen molar-refractivity contribution in [2.24, 2.45) is 0 Å². The Morgan fingerprint density at radius 1 is 1.06 bits per heavy atom. The summed E-state index contributed by atoms with van der Waals surface area (Å²) >= 11 is 0. The van der Waals surface area contributed by atoms with Gasteiger partial charge in [0, 0.05) is 5.39 Å². The molecule has 2 aromatic heterocycles. The van der Waals surface area contributed by atoms with E-state index in [1.54, 1.807) is 4.52 Å². The molecule has 5 nitrogen and oxygen atoms in total. The van der Waals surface area contributed by atoms with Gasteiger partial charge in [-0.25, -0.2) is 0 Å². The maximum absolute atomic E-state index is 3.97. The predicted octanol–water partition coefficient (Wildman–Crippen LogP) is 1.76. The molecule has 0 aliphatic rings. The molecular weight excluding hydrogens is 202 g/mol. The third kappa shape index (κ3) is 0.826. The largest absolute Gasteiger partial charge is 0.322 e. The Labute approximate surface area is 89.7 Å². The van der Waals surface area contributed by atoms with Crippen LogP contribution in [0.2, 0.25) is 0 Å². The van der Waals surface area contributed by atoms with E-state index in [-0.39, 0.29) is 0 Å². The normalized spacial score (nSPS) is 11.8. The molecule has 16 heavy (non-hydrogen) atoms. The van der Waals surface area contributed by atoms with Crippen LogP contribution in [-0.2, 0) is 0 Å². The van der Waals surface area contributed by atoms with Gasteiger partial charge in [0.15, 0.2) is 0 Å². The molecule has 0 aliphatic carbocycles. The molecule has 5 heteroatoms. The molecule has 0 unspecified atom stereocenters. The lowest BCUT2D eigenvalue weighted by Crippen LogP contribution is -1.95. The van der Waals surface area contributed by atoms with Crippen LogP contribution in [0.25, 0.3) is 27.6 Å². The monoisotopic (exact) mass is 209 g/mol. The summed E-state index contributed by atoms with van der Waals surface area (Å²) in [5, 5.41) is 13.9. The SMILES string of the molecule is c1cc2cccc3c2c(c1)[nH]c1nnnn13. The summed E-state index contributed by atoms with van der Waals surface area (Å²) in [6.07, 6.45) is 0. The zero-order valence-electron chi connectivity index (χ0n) is 8.25. The van der Waals surface area contributed by atoms with E-state index in [0.717, 1.165) is 16.4 Å². The number of H-pyrrole nitrogens is 1. The average Bonchev–Trinajstić information content (AvgIpc) is 2.78. The second kappa shape index (κ2) is 2.57. The van der Waals surface area contributed by atoms with Crippen LogP contribution in [0.1, 0.15) is 0 Å². The van der Waals surface area contributed by atoms with E-state index in [2.05, 4.69) is 32.6 Å². The molecule has 2 aromatic carbocycles. The van der Waals surface area contributed by atoms with E-state index in [1.807, 2.05) is 24.3 Å². The fourth-order valence-corrected chi connectivity index (χ4v) is 2.15. The summed E-state index contributed by atoms with van der Waals surface area (Å²) in [6, 6.07) is 12.3. The minimum Gasteiger partial charge on any atom is -0.322 e. The van der Waals surface area contributed by atoms with Gasteiger partial charge in [-0.2, -0.15) is 4.52 Å². The molecule has 2 heterocycles. The molecule has 4 aromatic rings. The minimum atomic E-state index is 0.659. The first-order valence-electron chi connectivity index (χ1n) is 5.01. The molecule has 0 amide bonds. The molecule has 1 N–H and O–H groups in total. The summed E-state index contributed by atoms with van der Waals surface area (Å²) < 4.78 is 1.72. The fourth-order valence-electron chi connectivity index (χ4n) is 2.15. The first-order chi connectivity index (χ1) is 7.93. The van der Waals surface area contributed by atoms with Crippen LogP contribution in [0.5, 0.6) is 0 Å². The van der Waals surface area contributed by atoms with Crippen molar-refractivity contribution in [1.29, 1.82) is 0 Å². The second-order valence-corrected chi connectivity index (χ2v) is 3.72. The quantitative estimate of drug-likeness (QED) is 0.480. The van der Waals surface area contributed by atoms with Crippen molar-refractivity contribution in [2.75, 3.05) is 0 Å². The smallest absolute Gasteiger partial charge is 0.252 e. The number of tetrazole rings is 1. The summed E-state index contributed by atoms with van der Waals surface area (Å²) in [7, 11) is 0. The number of aromatic nitrogens is 5. The lowest BCUT2D eigenvalue weighted by molar-refractivity contribution is 0.841. The third-order valence-electron chi connectivity index (χ3n) is 2.83. The van der Waals surface area contributed by atoms with E-state index in [0.29, 0.717) is 5.78 Å². The molecule has 0 saturated carbocycles. The number of nitrogens with one attached hydrogen (secondary N) is 1. The van der Waals surface area contributed by atoms with Gasteiger partial charge in [-0.05, 0) is 27.9 Å². The maximum Gasteiger partial charge on any atom is 0.252 e. The molecule has 0 atom stereocenters. The van der Waals surface area contributed by atoms with Crippen LogP contribution in [0.3, 0.4) is 0 Å². The highest BCUT2D eigenvalue weighted by atomic mass is 15.5. The zero-order valence-corrected chi connectivity index (χ0v) is 8.25. The van der Waals surface area contributed by atoms with Crippen LogP contribution in [0, 0.1) is 0 Å². The van der Waals surface area contributed by atoms with Gasteiger partial charge >= 0.3 is 0 Å². The van der Waals surface area contributed by atoms with Gasteiger partial charge in [-0.3, -0.25) is 0 Å². The van der Waals surface area contributed by atoms with E-state index in [9.17, 15) is 0 Å². The highest BCUT2D eigenvalue weighted by Crippen LogP contribution is 2.24. The van der Waals surface area contributed by atoms with Gasteiger partial charge in [0.25, 0.3) is 5.78 Å². The van der Waals surface area contributed by atoms with Gasteiger partial charge in [0.2, 0.25) is 0 Å². The zero-order chi connectivity index (χ0) is 10.5. The lowest BCUT2D eigenvalue weighted by atomic mass is 10.1. The Morgan fingerprint density at radius 2 is 1.94 bits per heavy atom. The Morgan fingerprint density at radius 3 is 2.88 bits per heavy atom. The Kier molecular flexibility index (Phi) is 1.26. The molecule has 76 valence electrons. The molecule has 0 bridgehead atoms. The average molecular weight is 209 g/mol. The number of hydrogen-bond donors (Lipinski definition) is 1. The van der Waals surface area contributed by atoms with Crippen LogP contribution in [0.4, 0.5) is 0 Å². The standard InChI is InChI=1S/C11H7N5/c1-3-7-4-2-6-9-10(7)8(5-1)12-11-13-14-15-16(9)11/h1-6H,(H,12,13,15). The number of fused-ring (bicyclic) bond motifs is 2. The number of benzene rings is 2. The van der Waals surface area contributed by atoms with Crippen LogP contribution in [-0.4, -0.2) is 25.0 Å².